The molecule has 5 heteroatoms. The molecule has 0 saturated carbocycles. The molecule has 2 aromatic rings. The number of aromatic carboxylic acids is 1. The van der Waals surface area contributed by atoms with E-state index in [4.69, 9.17) is 5.11 Å². The zero-order chi connectivity index (χ0) is 15.4. The van der Waals surface area contributed by atoms with Crippen molar-refractivity contribution in [3.05, 3.63) is 59.0 Å². The third-order valence-electron chi connectivity index (χ3n) is 3.10. The Bertz CT molecular complexity index is 641. The monoisotopic (exact) mass is 288 g/mol. The zero-order valence-corrected chi connectivity index (χ0v) is 11.9. The van der Waals surface area contributed by atoms with Gasteiger partial charge in [0.15, 0.2) is 0 Å². The quantitative estimate of drug-likeness (QED) is 0.886. The lowest BCUT2D eigenvalue weighted by Gasteiger charge is -2.16. The van der Waals surface area contributed by atoms with Crippen LogP contribution in [0.25, 0.3) is 0 Å². The third kappa shape index (κ3) is 4.02. The van der Waals surface area contributed by atoms with Gasteiger partial charge in [-0.05, 0) is 50.1 Å². The van der Waals surface area contributed by atoms with Gasteiger partial charge in [0.1, 0.15) is 17.2 Å². The second-order valence-electron chi connectivity index (χ2n) is 5.03. The number of nitrogens with zero attached hydrogens (tertiary/aromatic N) is 1. The normalized spacial score (nSPS) is 12.0. The lowest BCUT2D eigenvalue weighted by atomic mass is 10.1. The van der Waals surface area contributed by atoms with E-state index in [9.17, 15) is 9.18 Å². The molecule has 0 aliphatic heterocycles. The number of carbonyl (C=O) groups is 1. The molecule has 1 heterocycles. The van der Waals surface area contributed by atoms with Gasteiger partial charge >= 0.3 is 5.97 Å². The summed E-state index contributed by atoms with van der Waals surface area (Å²) >= 11 is 0. The van der Waals surface area contributed by atoms with Crippen LogP contribution in [-0.4, -0.2) is 22.1 Å². The summed E-state index contributed by atoms with van der Waals surface area (Å²) in [6.45, 7) is 3.74. The Morgan fingerprint density at radius 3 is 2.57 bits per heavy atom. The molecule has 0 aliphatic rings. The summed E-state index contributed by atoms with van der Waals surface area (Å²) in [7, 11) is 0. The van der Waals surface area contributed by atoms with E-state index in [0.29, 0.717) is 12.2 Å². The maximum absolute atomic E-state index is 12.9. The number of anilines is 1. The number of aryl methyl sites for hydroxylation is 1. The lowest BCUT2D eigenvalue weighted by molar-refractivity contribution is 0.0697. The number of nitrogens with one attached hydrogen (secondary N) is 1. The summed E-state index contributed by atoms with van der Waals surface area (Å²) in [4.78, 5) is 15.4. The molecule has 1 aromatic heterocycles. The van der Waals surface area contributed by atoms with Gasteiger partial charge in [0.05, 0.1) is 0 Å². The summed E-state index contributed by atoms with van der Waals surface area (Å²) < 4.78 is 12.9. The number of halogens is 1. The van der Waals surface area contributed by atoms with Crippen molar-refractivity contribution in [1.29, 1.82) is 0 Å². The summed E-state index contributed by atoms with van der Waals surface area (Å²) in [5, 5.41) is 12.3. The first-order valence-electron chi connectivity index (χ1n) is 6.67. The second kappa shape index (κ2) is 6.35. The largest absolute Gasteiger partial charge is 0.478 e. The van der Waals surface area contributed by atoms with Crippen molar-refractivity contribution in [1.82, 2.24) is 4.98 Å². The predicted molar refractivity (Wildman–Crippen MR) is 79.1 cm³/mol. The molecule has 4 nitrogen and oxygen atoms in total. The Labute approximate surface area is 122 Å². The summed E-state index contributed by atoms with van der Waals surface area (Å²) in [6, 6.07) is 9.44. The van der Waals surface area contributed by atoms with Crippen LogP contribution in [0.5, 0.6) is 0 Å². The average Bonchev–Trinajstić information content (AvgIpc) is 2.41. The number of carboxylic acid groups (broad SMARTS) is 1. The van der Waals surface area contributed by atoms with Crippen molar-refractivity contribution in [3.63, 3.8) is 0 Å². The van der Waals surface area contributed by atoms with Crippen molar-refractivity contribution in [2.45, 2.75) is 26.3 Å². The van der Waals surface area contributed by atoms with Crippen molar-refractivity contribution in [2.75, 3.05) is 5.32 Å². The van der Waals surface area contributed by atoms with Gasteiger partial charge in [0.2, 0.25) is 0 Å². The van der Waals surface area contributed by atoms with Gasteiger partial charge < -0.3 is 10.4 Å². The zero-order valence-electron chi connectivity index (χ0n) is 11.9. The van der Waals surface area contributed by atoms with Crippen LogP contribution < -0.4 is 5.32 Å². The number of hydrogen-bond acceptors (Lipinski definition) is 3. The fraction of sp³-hybridized carbons (Fsp3) is 0.250. The van der Waals surface area contributed by atoms with Gasteiger partial charge in [0, 0.05) is 11.7 Å². The molecule has 1 atom stereocenters. The van der Waals surface area contributed by atoms with Gasteiger partial charge in [-0.25, -0.2) is 14.2 Å². The first-order chi connectivity index (χ1) is 9.95. The minimum Gasteiger partial charge on any atom is -0.478 e. The fourth-order valence-electron chi connectivity index (χ4n) is 2.10. The number of hydrogen-bond donors (Lipinski definition) is 2. The van der Waals surface area contributed by atoms with E-state index in [1.165, 1.54) is 18.2 Å². The second-order valence-corrected chi connectivity index (χ2v) is 5.03. The molecule has 0 amide bonds. The van der Waals surface area contributed by atoms with E-state index in [1.807, 2.05) is 6.92 Å². The first kappa shape index (κ1) is 15.0. The number of rotatable bonds is 5. The maximum Gasteiger partial charge on any atom is 0.339 e. The van der Waals surface area contributed by atoms with Gasteiger partial charge in [-0.1, -0.05) is 12.1 Å². The van der Waals surface area contributed by atoms with Crippen LogP contribution in [0.3, 0.4) is 0 Å². The van der Waals surface area contributed by atoms with Crippen LogP contribution >= 0.6 is 0 Å². The highest BCUT2D eigenvalue weighted by Gasteiger charge is 2.14. The molecule has 2 N–H and O–H groups in total. The Kier molecular flexibility index (Phi) is 4.52. The molecule has 0 aliphatic carbocycles. The molecule has 0 fully saturated rings. The Balaban J connectivity index is 2.12. The maximum atomic E-state index is 12.9. The highest BCUT2D eigenvalue weighted by molar-refractivity contribution is 5.93. The Morgan fingerprint density at radius 2 is 1.95 bits per heavy atom. The van der Waals surface area contributed by atoms with Gasteiger partial charge in [-0.2, -0.15) is 0 Å². The minimum absolute atomic E-state index is 0.0251. The standard InChI is InChI=1S/C16H17FN2O2/c1-10-3-8-14(16(20)21)15(18-10)19-11(2)9-12-4-6-13(17)7-5-12/h3-8,11H,9H2,1-2H3,(H,18,19)(H,20,21). The molecule has 0 radical (unpaired) electrons. The molecule has 21 heavy (non-hydrogen) atoms. The highest BCUT2D eigenvalue weighted by Crippen LogP contribution is 2.16. The fourth-order valence-corrected chi connectivity index (χ4v) is 2.10. The molecule has 1 aromatic carbocycles. The smallest absolute Gasteiger partial charge is 0.339 e. The number of aromatic nitrogens is 1. The molecule has 110 valence electrons. The van der Waals surface area contributed by atoms with Gasteiger partial charge in [-0.3, -0.25) is 0 Å². The van der Waals surface area contributed by atoms with Crippen LogP contribution in [0.2, 0.25) is 0 Å². The molecule has 2 rings (SSSR count). The van der Waals surface area contributed by atoms with Crippen molar-refractivity contribution < 1.29 is 14.3 Å². The molecule has 0 bridgehead atoms. The summed E-state index contributed by atoms with van der Waals surface area (Å²) in [5.74, 6) is -0.927. The van der Waals surface area contributed by atoms with Crippen LogP contribution in [0.1, 0.15) is 28.5 Å². The summed E-state index contributed by atoms with van der Waals surface area (Å²) in [5.41, 5.74) is 1.86. The highest BCUT2D eigenvalue weighted by atomic mass is 19.1. The number of benzene rings is 1. The Hall–Kier alpha value is -2.43. The van der Waals surface area contributed by atoms with Crippen molar-refractivity contribution in [2.24, 2.45) is 0 Å². The molecule has 0 saturated heterocycles. The molecule has 1 unspecified atom stereocenters. The van der Waals surface area contributed by atoms with Gasteiger partial charge in [0.25, 0.3) is 0 Å². The van der Waals surface area contributed by atoms with E-state index in [1.54, 1.807) is 25.1 Å². The minimum atomic E-state index is -1.01. The topological polar surface area (TPSA) is 62.2 Å². The SMILES string of the molecule is Cc1ccc(C(=O)O)c(NC(C)Cc2ccc(F)cc2)n1. The average molecular weight is 288 g/mol. The predicted octanol–water partition coefficient (Wildman–Crippen LogP) is 3.27. The third-order valence-corrected chi connectivity index (χ3v) is 3.10. The molecule has 0 spiro atoms. The summed E-state index contributed by atoms with van der Waals surface area (Å²) in [6.07, 6.45) is 0.648. The van der Waals surface area contributed by atoms with Gasteiger partial charge in [-0.15, -0.1) is 0 Å². The lowest BCUT2D eigenvalue weighted by Crippen LogP contribution is -2.21. The van der Waals surface area contributed by atoms with E-state index in [0.717, 1.165) is 11.3 Å². The first-order valence-corrected chi connectivity index (χ1v) is 6.67. The number of carboxylic acids is 1. The van der Waals surface area contributed by atoms with Crippen LogP contribution in [0.15, 0.2) is 36.4 Å². The van der Waals surface area contributed by atoms with E-state index in [-0.39, 0.29) is 17.4 Å². The van der Waals surface area contributed by atoms with Crippen molar-refractivity contribution in [3.8, 4) is 0 Å². The van der Waals surface area contributed by atoms with Crippen LogP contribution in [0.4, 0.5) is 10.2 Å². The van der Waals surface area contributed by atoms with Crippen LogP contribution in [0, 0.1) is 12.7 Å². The van der Waals surface area contributed by atoms with Crippen LogP contribution in [-0.2, 0) is 6.42 Å². The van der Waals surface area contributed by atoms with E-state index < -0.39 is 5.97 Å². The molecular weight excluding hydrogens is 271 g/mol. The van der Waals surface area contributed by atoms with E-state index >= 15 is 0 Å². The molecular formula is C16H17FN2O2. The van der Waals surface area contributed by atoms with E-state index in [2.05, 4.69) is 10.3 Å². The number of pyridine rings is 1. The Morgan fingerprint density at radius 1 is 1.29 bits per heavy atom. The van der Waals surface area contributed by atoms with Crippen molar-refractivity contribution >= 4 is 11.8 Å².